The van der Waals surface area contributed by atoms with Crippen molar-refractivity contribution in [1.29, 1.82) is 0 Å². The number of para-hydroxylation sites is 1. The molecule has 1 unspecified atom stereocenters. The summed E-state index contributed by atoms with van der Waals surface area (Å²) in [5.41, 5.74) is 4.35. The normalized spacial score (nSPS) is 19.5. The van der Waals surface area contributed by atoms with Crippen molar-refractivity contribution in [2.24, 2.45) is 0 Å². The lowest BCUT2D eigenvalue weighted by Crippen LogP contribution is -2.36. The molecule has 0 fully saturated rings. The smallest absolute Gasteiger partial charge is 0.0442 e. The van der Waals surface area contributed by atoms with Gasteiger partial charge >= 0.3 is 0 Å². The van der Waals surface area contributed by atoms with Gasteiger partial charge in [0.1, 0.15) is 0 Å². The van der Waals surface area contributed by atoms with E-state index in [1.807, 2.05) is 0 Å². The highest BCUT2D eigenvalue weighted by atomic mass is 15.2. The lowest BCUT2D eigenvalue weighted by atomic mass is 10.1. The van der Waals surface area contributed by atoms with E-state index in [0.29, 0.717) is 6.04 Å². The Morgan fingerprint density at radius 1 is 1.33 bits per heavy atom. The minimum absolute atomic E-state index is 0.568. The van der Waals surface area contributed by atoms with Crippen molar-refractivity contribution in [2.45, 2.75) is 52.6 Å². The van der Waals surface area contributed by atoms with Gasteiger partial charge in [-0.1, -0.05) is 38.0 Å². The second kappa shape index (κ2) is 6.24. The summed E-state index contributed by atoms with van der Waals surface area (Å²) in [5, 5.41) is 3.61. The maximum atomic E-state index is 3.61. The molecule has 0 amide bonds. The number of benzene rings is 1. The second-order valence-electron chi connectivity index (χ2n) is 5.52. The standard InChI is InChI=1S/C16H26N2/c1-4-5-6-10-18-12-14(3)17-11-15-9-7-8-13(2)16(15)18/h7-9,14,17H,4-6,10-12H2,1-3H3. The topological polar surface area (TPSA) is 15.3 Å². The Kier molecular flexibility index (Phi) is 4.65. The lowest BCUT2D eigenvalue weighted by molar-refractivity contribution is 0.546. The van der Waals surface area contributed by atoms with Crippen molar-refractivity contribution in [3.63, 3.8) is 0 Å². The zero-order valence-corrected chi connectivity index (χ0v) is 12.0. The highest BCUT2D eigenvalue weighted by molar-refractivity contribution is 5.60. The molecule has 100 valence electrons. The SMILES string of the molecule is CCCCCN1CC(C)NCc2cccc(C)c21. The van der Waals surface area contributed by atoms with Crippen molar-refractivity contribution in [3.8, 4) is 0 Å². The molecule has 2 rings (SSSR count). The summed E-state index contributed by atoms with van der Waals surface area (Å²) in [7, 11) is 0. The van der Waals surface area contributed by atoms with E-state index in [-0.39, 0.29) is 0 Å². The van der Waals surface area contributed by atoms with Gasteiger partial charge in [-0.25, -0.2) is 0 Å². The summed E-state index contributed by atoms with van der Waals surface area (Å²) in [4.78, 5) is 2.59. The number of hydrogen-bond acceptors (Lipinski definition) is 2. The fourth-order valence-electron chi connectivity index (χ4n) is 2.84. The van der Waals surface area contributed by atoms with E-state index in [1.54, 1.807) is 0 Å². The van der Waals surface area contributed by atoms with Crippen LogP contribution in [0.25, 0.3) is 0 Å². The monoisotopic (exact) mass is 246 g/mol. The molecule has 1 N–H and O–H groups in total. The molecule has 1 heterocycles. The van der Waals surface area contributed by atoms with Crippen LogP contribution in [0.15, 0.2) is 18.2 Å². The molecular weight excluding hydrogens is 220 g/mol. The number of hydrogen-bond donors (Lipinski definition) is 1. The van der Waals surface area contributed by atoms with Gasteiger partial charge in [0.2, 0.25) is 0 Å². The lowest BCUT2D eigenvalue weighted by Gasteiger charge is -2.28. The summed E-state index contributed by atoms with van der Waals surface area (Å²) in [5.74, 6) is 0. The Balaban J connectivity index is 2.21. The van der Waals surface area contributed by atoms with Gasteiger partial charge in [-0.2, -0.15) is 0 Å². The van der Waals surface area contributed by atoms with Crippen molar-refractivity contribution < 1.29 is 0 Å². The molecule has 1 atom stereocenters. The third-order valence-electron chi connectivity index (χ3n) is 3.80. The van der Waals surface area contributed by atoms with Crippen molar-refractivity contribution in [3.05, 3.63) is 29.3 Å². The summed E-state index contributed by atoms with van der Waals surface area (Å²) in [6.07, 6.45) is 3.93. The van der Waals surface area contributed by atoms with Gasteiger partial charge in [0.15, 0.2) is 0 Å². The van der Waals surface area contributed by atoms with Gasteiger partial charge < -0.3 is 10.2 Å². The number of rotatable bonds is 4. The van der Waals surface area contributed by atoms with Crippen LogP contribution in [0.2, 0.25) is 0 Å². The van der Waals surface area contributed by atoms with Crippen LogP contribution in [0.4, 0.5) is 5.69 Å². The van der Waals surface area contributed by atoms with Crippen LogP contribution in [0.5, 0.6) is 0 Å². The molecule has 1 aromatic rings. The average molecular weight is 246 g/mol. The number of nitrogens with one attached hydrogen (secondary N) is 1. The van der Waals surface area contributed by atoms with Crippen LogP contribution in [-0.4, -0.2) is 19.1 Å². The minimum Gasteiger partial charge on any atom is -0.370 e. The largest absolute Gasteiger partial charge is 0.370 e. The van der Waals surface area contributed by atoms with Gasteiger partial charge in [0, 0.05) is 31.4 Å². The molecule has 0 radical (unpaired) electrons. The molecule has 0 bridgehead atoms. The van der Waals surface area contributed by atoms with Gasteiger partial charge in [-0.3, -0.25) is 0 Å². The minimum atomic E-state index is 0.568. The van der Waals surface area contributed by atoms with Crippen LogP contribution in [-0.2, 0) is 6.54 Å². The zero-order valence-electron chi connectivity index (χ0n) is 12.0. The Morgan fingerprint density at radius 2 is 2.17 bits per heavy atom. The number of unbranched alkanes of at least 4 members (excludes halogenated alkanes) is 2. The van der Waals surface area contributed by atoms with Crippen LogP contribution < -0.4 is 10.2 Å². The Bertz CT molecular complexity index is 387. The maximum absolute atomic E-state index is 3.61. The molecule has 2 nitrogen and oxygen atoms in total. The fraction of sp³-hybridized carbons (Fsp3) is 0.625. The van der Waals surface area contributed by atoms with E-state index in [0.717, 1.165) is 13.1 Å². The second-order valence-corrected chi connectivity index (χ2v) is 5.52. The fourth-order valence-corrected chi connectivity index (χ4v) is 2.84. The number of nitrogens with zero attached hydrogens (tertiary/aromatic N) is 1. The maximum Gasteiger partial charge on any atom is 0.0442 e. The highest BCUT2D eigenvalue weighted by Gasteiger charge is 2.19. The van der Waals surface area contributed by atoms with Crippen molar-refractivity contribution >= 4 is 5.69 Å². The molecule has 18 heavy (non-hydrogen) atoms. The van der Waals surface area contributed by atoms with Gasteiger partial charge in [0.25, 0.3) is 0 Å². The molecule has 0 aliphatic carbocycles. The number of anilines is 1. The first-order chi connectivity index (χ1) is 8.72. The first kappa shape index (κ1) is 13.4. The third kappa shape index (κ3) is 3.05. The van der Waals surface area contributed by atoms with E-state index in [2.05, 4.69) is 49.2 Å². The van der Waals surface area contributed by atoms with Crippen LogP contribution in [0, 0.1) is 6.92 Å². The van der Waals surface area contributed by atoms with E-state index < -0.39 is 0 Å². The van der Waals surface area contributed by atoms with E-state index >= 15 is 0 Å². The zero-order chi connectivity index (χ0) is 13.0. The van der Waals surface area contributed by atoms with E-state index in [9.17, 15) is 0 Å². The first-order valence-corrected chi connectivity index (χ1v) is 7.29. The quantitative estimate of drug-likeness (QED) is 0.818. The number of aryl methyl sites for hydroxylation is 1. The molecule has 0 saturated heterocycles. The van der Waals surface area contributed by atoms with Gasteiger partial charge in [-0.05, 0) is 31.4 Å². The first-order valence-electron chi connectivity index (χ1n) is 7.29. The predicted molar refractivity (Wildman–Crippen MR) is 79.2 cm³/mol. The Morgan fingerprint density at radius 3 is 2.94 bits per heavy atom. The summed E-state index contributed by atoms with van der Waals surface area (Å²) < 4.78 is 0. The Hall–Kier alpha value is -1.02. The molecule has 0 aromatic heterocycles. The molecule has 1 aliphatic heterocycles. The summed E-state index contributed by atoms with van der Waals surface area (Å²) in [6, 6.07) is 7.25. The van der Waals surface area contributed by atoms with Gasteiger partial charge in [0.05, 0.1) is 0 Å². The Labute approximate surface area is 111 Å². The molecule has 1 aliphatic rings. The van der Waals surface area contributed by atoms with E-state index in [4.69, 9.17) is 0 Å². The van der Waals surface area contributed by atoms with Crippen molar-refractivity contribution in [2.75, 3.05) is 18.0 Å². The molecular formula is C16H26N2. The number of fused-ring (bicyclic) bond motifs is 1. The predicted octanol–water partition coefficient (Wildman–Crippen LogP) is 3.48. The highest BCUT2D eigenvalue weighted by Crippen LogP contribution is 2.27. The molecule has 0 saturated carbocycles. The van der Waals surface area contributed by atoms with Gasteiger partial charge in [-0.15, -0.1) is 0 Å². The van der Waals surface area contributed by atoms with Crippen LogP contribution in [0.1, 0.15) is 44.2 Å². The summed E-state index contributed by atoms with van der Waals surface area (Å²) in [6.45, 7) is 10.1. The summed E-state index contributed by atoms with van der Waals surface area (Å²) >= 11 is 0. The van der Waals surface area contributed by atoms with Crippen LogP contribution >= 0.6 is 0 Å². The molecule has 2 heteroatoms. The third-order valence-corrected chi connectivity index (χ3v) is 3.80. The van der Waals surface area contributed by atoms with Crippen molar-refractivity contribution in [1.82, 2.24) is 5.32 Å². The van der Waals surface area contributed by atoms with Crippen LogP contribution in [0.3, 0.4) is 0 Å². The van der Waals surface area contributed by atoms with E-state index in [1.165, 1.54) is 42.6 Å². The molecule has 0 spiro atoms. The average Bonchev–Trinajstić information content (AvgIpc) is 2.51. The molecule has 1 aromatic carbocycles.